The summed E-state index contributed by atoms with van der Waals surface area (Å²) >= 11 is 0. The highest BCUT2D eigenvalue weighted by atomic mass is 16.5. The van der Waals surface area contributed by atoms with Gasteiger partial charge in [-0.1, -0.05) is 67.8 Å². The molecule has 206 valence electrons. The molecule has 3 heterocycles. The van der Waals surface area contributed by atoms with Gasteiger partial charge < -0.3 is 9.30 Å². The van der Waals surface area contributed by atoms with Crippen molar-refractivity contribution in [3.63, 3.8) is 0 Å². The molecule has 1 saturated carbocycles. The van der Waals surface area contributed by atoms with Crippen LogP contribution in [0.4, 0.5) is 0 Å². The first-order valence-corrected chi connectivity index (χ1v) is 13.7. The smallest absolute Gasteiger partial charge is 0.332 e. The number of nitrogens with zero attached hydrogens (tertiary/aromatic N) is 7. The standard InChI is InChI=1S/C29H32N8O3/c1-35-27-24(28(38)36(29(35)39)16-17-40-2)37(26(30-27)21-8-4-3-5-9-21)18-19-12-14-20(15-13-19)22-10-6-7-11-23(22)25-31-33-34-32-25/h6-7,10-15,21H,3-5,8-9,16-18H2,1-2H3,(H,31,32,33,34). The van der Waals surface area contributed by atoms with Crippen molar-refractivity contribution in [2.24, 2.45) is 7.05 Å². The van der Waals surface area contributed by atoms with Gasteiger partial charge in [-0.3, -0.25) is 13.9 Å². The maximum atomic E-state index is 13.7. The summed E-state index contributed by atoms with van der Waals surface area (Å²) in [5, 5.41) is 14.5. The third kappa shape index (κ3) is 4.66. The van der Waals surface area contributed by atoms with E-state index < -0.39 is 0 Å². The molecule has 0 aliphatic heterocycles. The summed E-state index contributed by atoms with van der Waals surface area (Å²) < 4.78 is 9.96. The number of ether oxygens (including phenoxy) is 1. The number of aromatic nitrogens is 8. The number of nitrogens with one attached hydrogen (secondary N) is 1. The largest absolute Gasteiger partial charge is 0.383 e. The normalized spacial score (nSPS) is 14.2. The molecule has 5 aromatic rings. The average molecular weight is 541 g/mol. The van der Waals surface area contributed by atoms with Crippen molar-refractivity contribution >= 4 is 11.2 Å². The molecule has 1 N–H and O–H groups in total. The van der Waals surface area contributed by atoms with Crippen molar-refractivity contribution in [1.29, 1.82) is 0 Å². The second-order valence-corrected chi connectivity index (χ2v) is 10.3. The number of methoxy groups -OCH3 is 1. The van der Waals surface area contributed by atoms with Gasteiger partial charge in [0.25, 0.3) is 5.56 Å². The Kier molecular flexibility index (Phi) is 7.12. The SMILES string of the molecule is COCCn1c(=O)c2c(nc(C3CCCCC3)n2Cc2ccc(-c3ccccc3-c3nn[nH]n3)cc2)n(C)c1=O. The Hall–Kier alpha value is -4.38. The molecule has 1 aliphatic carbocycles. The van der Waals surface area contributed by atoms with Crippen LogP contribution >= 0.6 is 0 Å². The highest BCUT2D eigenvalue weighted by Crippen LogP contribution is 2.34. The number of hydrogen-bond acceptors (Lipinski definition) is 7. The predicted molar refractivity (Wildman–Crippen MR) is 151 cm³/mol. The monoisotopic (exact) mass is 540 g/mol. The lowest BCUT2D eigenvalue weighted by Gasteiger charge is -2.22. The number of fused-ring (bicyclic) bond motifs is 1. The van der Waals surface area contributed by atoms with Gasteiger partial charge in [-0.25, -0.2) is 9.78 Å². The fourth-order valence-corrected chi connectivity index (χ4v) is 5.78. The molecular formula is C29H32N8O3. The lowest BCUT2D eigenvalue weighted by atomic mass is 9.88. The molecule has 6 rings (SSSR count). The van der Waals surface area contributed by atoms with Gasteiger partial charge in [0.2, 0.25) is 5.82 Å². The number of tetrazole rings is 1. The van der Waals surface area contributed by atoms with Gasteiger partial charge in [0.15, 0.2) is 11.2 Å². The van der Waals surface area contributed by atoms with E-state index in [1.807, 2.05) is 28.8 Å². The summed E-state index contributed by atoms with van der Waals surface area (Å²) in [7, 11) is 3.25. The molecule has 11 nitrogen and oxygen atoms in total. The molecule has 0 saturated heterocycles. The summed E-state index contributed by atoms with van der Waals surface area (Å²) in [6.45, 7) is 0.945. The molecule has 3 aromatic heterocycles. The van der Waals surface area contributed by atoms with E-state index in [0.717, 1.165) is 53.8 Å². The number of rotatable bonds is 8. The third-order valence-corrected chi connectivity index (χ3v) is 7.87. The van der Waals surface area contributed by atoms with Crippen LogP contribution in [-0.4, -0.2) is 53.0 Å². The highest BCUT2D eigenvalue weighted by molar-refractivity contribution is 5.80. The Balaban J connectivity index is 1.43. The molecule has 0 radical (unpaired) electrons. The summed E-state index contributed by atoms with van der Waals surface area (Å²) in [4.78, 5) is 31.7. The van der Waals surface area contributed by atoms with Crippen LogP contribution in [0.5, 0.6) is 0 Å². The number of aromatic amines is 1. The third-order valence-electron chi connectivity index (χ3n) is 7.87. The molecule has 11 heteroatoms. The Labute approximate surface area is 230 Å². The van der Waals surface area contributed by atoms with Crippen molar-refractivity contribution in [1.82, 2.24) is 39.3 Å². The number of H-pyrrole nitrogens is 1. The molecular weight excluding hydrogens is 508 g/mol. The van der Waals surface area contributed by atoms with Gasteiger partial charge in [0.05, 0.1) is 13.2 Å². The minimum atomic E-state index is -0.376. The van der Waals surface area contributed by atoms with Crippen LogP contribution in [0.2, 0.25) is 0 Å². The fraction of sp³-hybridized carbons (Fsp3) is 0.379. The molecule has 2 aromatic carbocycles. The molecule has 0 amide bonds. The molecule has 1 aliphatic rings. The highest BCUT2D eigenvalue weighted by Gasteiger charge is 2.26. The quantitative estimate of drug-likeness (QED) is 0.319. The Morgan fingerprint density at radius 2 is 1.73 bits per heavy atom. The molecule has 40 heavy (non-hydrogen) atoms. The zero-order valence-corrected chi connectivity index (χ0v) is 22.7. The summed E-state index contributed by atoms with van der Waals surface area (Å²) in [6, 6.07) is 16.2. The van der Waals surface area contributed by atoms with E-state index in [1.165, 1.54) is 15.6 Å². The van der Waals surface area contributed by atoms with Gasteiger partial charge in [-0.15, -0.1) is 10.2 Å². The van der Waals surface area contributed by atoms with Crippen molar-refractivity contribution in [2.45, 2.75) is 51.1 Å². The van der Waals surface area contributed by atoms with Crippen molar-refractivity contribution in [3.8, 4) is 22.5 Å². The van der Waals surface area contributed by atoms with Crippen LogP contribution < -0.4 is 11.2 Å². The minimum absolute atomic E-state index is 0.191. The van der Waals surface area contributed by atoms with E-state index >= 15 is 0 Å². The second kappa shape index (κ2) is 11.0. The van der Waals surface area contributed by atoms with Gasteiger partial charge >= 0.3 is 5.69 Å². The Morgan fingerprint density at radius 1 is 0.975 bits per heavy atom. The van der Waals surface area contributed by atoms with Crippen molar-refractivity contribution in [2.75, 3.05) is 13.7 Å². The molecule has 0 unspecified atom stereocenters. The zero-order chi connectivity index (χ0) is 27.6. The van der Waals surface area contributed by atoms with Crippen molar-refractivity contribution < 1.29 is 4.74 Å². The van der Waals surface area contributed by atoms with E-state index in [4.69, 9.17) is 9.72 Å². The van der Waals surface area contributed by atoms with Crippen LogP contribution in [0.15, 0.2) is 58.1 Å². The van der Waals surface area contributed by atoms with E-state index in [-0.39, 0.29) is 30.3 Å². The van der Waals surface area contributed by atoms with Crippen molar-refractivity contribution in [3.05, 3.63) is 80.8 Å². The van der Waals surface area contributed by atoms with E-state index in [2.05, 4.69) is 44.9 Å². The molecule has 1 fully saturated rings. The van der Waals surface area contributed by atoms with Crippen LogP contribution in [0.1, 0.15) is 49.4 Å². The Morgan fingerprint density at radius 3 is 2.42 bits per heavy atom. The lowest BCUT2D eigenvalue weighted by molar-refractivity contribution is 0.184. The number of aryl methyl sites for hydroxylation is 1. The second-order valence-electron chi connectivity index (χ2n) is 10.3. The van der Waals surface area contributed by atoms with Crippen LogP contribution in [0.25, 0.3) is 33.7 Å². The minimum Gasteiger partial charge on any atom is -0.383 e. The number of imidazole rings is 1. The maximum Gasteiger partial charge on any atom is 0.332 e. The maximum absolute atomic E-state index is 13.7. The average Bonchev–Trinajstić information content (AvgIpc) is 3.66. The Bertz CT molecular complexity index is 1740. The molecule has 0 spiro atoms. The topological polar surface area (TPSA) is 126 Å². The predicted octanol–water partition coefficient (Wildman–Crippen LogP) is 3.49. The van der Waals surface area contributed by atoms with Crippen LogP contribution in [0, 0.1) is 0 Å². The van der Waals surface area contributed by atoms with E-state index in [1.54, 1.807) is 14.2 Å². The zero-order valence-electron chi connectivity index (χ0n) is 22.7. The van der Waals surface area contributed by atoms with Gasteiger partial charge in [0.1, 0.15) is 5.82 Å². The first kappa shape index (κ1) is 25.9. The first-order chi connectivity index (χ1) is 19.6. The lowest BCUT2D eigenvalue weighted by Crippen LogP contribution is -2.40. The van der Waals surface area contributed by atoms with Gasteiger partial charge in [-0.05, 0) is 34.7 Å². The van der Waals surface area contributed by atoms with E-state index in [0.29, 0.717) is 23.5 Å². The summed E-state index contributed by atoms with van der Waals surface area (Å²) in [5.41, 5.74) is 4.16. The first-order valence-electron chi connectivity index (χ1n) is 13.7. The van der Waals surface area contributed by atoms with Gasteiger partial charge in [0, 0.05) is 32.2 Å². The van der Waals surface area contributed by atoms with Crippen LogP contribution in [-0.2, 0) is 24.9 Å². The molecule has 0 bridgehead atoms. The molecule has 0 atom stereocenters. The fourth-order valence-electron chi connectivity index (χ4n) is 5.78. The summed E-state index contributed by atoms with van der Waals surface area (Å²) in [5.74, 6) is 1.68. The summed E-state index contributed by atoms with van der Waals surface area (Å²) in [6.07, 6.45) is 5.55. The van der Waals surface area contributed by atoms with E-state index in [9.17, 15) is 9.59 Å². The number of hydrogen-bond donors (Lipinski definition) is 1. The van der Waals surface area contributed by atoms with Crippen LogP contribution in [0.3, 0.4) is 0 Å². The number of benzene rings is 2. The van der Waals surface area contributed by atoms with Gasteiger partial charge in [-0.2, -0.15) is 5.21 Å².